The van der Waals surface area contributed by atoms with Gasteiger partial charge in [-0.3, -0.25) is 0 Å². The second kappa shape index (κ2) is 5.64. The van der Waals surface area contributed by atoms with Crippen LogP contribution in [0, 0.1) is 5.82 Å². The Bertz CT molecular complexity index is 741. The van der Waals surface area contributed by atoms with Crippen molar-refractivity contribution in [2.45, 2.75) is 13.0 Å². The average Bonchev–Trinajstić information content (AvgIpc) is 2.87. The molecule has 6 heteroatoms. The number of benzene rings is 2. The fourth-order valence-corrected chi connectivity index (χ4v) is 3.93. The molecule has 0 fully saturated rings. The van der Waals surface area contributed by atoms with Gasteiger partial charge in [-0.25, -0.2) is 0 Å². The first kappa shape index (κ1) is 13.7. The molecular weight excluding hydrogens is 388 g/mol. The number of rotatable bonds is 3. The van der Waals surface area contributed by atoms with Gasteiger partial charge in [-0.1, -0.05) is 0 Å². The van der Waals surface area contributed by atoms with Crippen molar-refractivity contribution in [1.29, 1.82) is 0 Å². The summed E-state index contributed by atoms with van der Waals surface area (Å²) >= 11 is 3.36. The Labute approximate surface area is 130 Å². The van der Waals surface area contributed by atoms with E-state index in [2.05, 4.69) is 29.2 Å². The topological polar surface area (TPSA) is 36.8 Å². The van der Waals surface area contributed by atoms with Gasteiger partial charge in [0.15, 0.2) is 0 Å². The maximum atomic E-state index is 13.1. The molecule has 1 atom stereocenters. The van der Waals surface area contributed by atoms with Crippen LogP contribution < -0.4 is 5.32 Å². The minimum absolute atomic E-state index is 0.0415. The fraction of sp³-hybridized carbons (Fsp3) is 0.143. The molecule has 0 radical (unpaired) electrons. The van der Waals surface area contributed by atoms with Gasteiger partial charge in [0.05, 0.1) is 0 Å². The van der Waals surface area contributed by atoms with Crippen LogP contribution in [0.4, 0.5) is 21.5 Å². The molecule has 0 aromatic heterocycles. The Morgan fingerprint density at radius 3 is 2.90 bits per heavy atom. The van der Waals surface area contributed by atoms with Crippen LogP contribution >= 0.6 is 15.9 Å². The minimum atomic E-state index is -0.245. The molecule has 0 saturated carbocycles. The third-order valence-corrected chi connectivity index (χ3v) is 4.91. The first-order valence-corrected chi connectivity index (χ1v) is 8.40. The first-order valence-electron chi connectivity index (χ1n) is 6.08. The molecule has 3 rings (SSSR count). The van der Waals surface area contributed by atoms with Crippen molar-refractivity contribution < 1.29 is 4.39 Å². The second-order valence-corrected chi connectivity index (χ2v) is 6.43. The van der Waals surface area contributed by atoms with E-state index in [-0.39, 0.29) is 26.4 Å². The Morgan fingerprint density at radius 1 is 1.25 bits per heavy atom. The Kier molecular flexibility index (Phi) is 3.87. The summed E-state index contributed by atoms with van der Waals surface area (Å²) in [5.74, 6) is -0.245. The first-order chi connectivity index (χ1) is 9.65. The van der Waals surface area contributed by atoms with Crippen LogP contribution in [-0.4, -0.2) is 14.6 Å². The van der Waals surface area contributed by atoms with Gasteiger partial charge in [0.25, 0.3) is 0 Å². The predicted molar refractivity (Wildman–Crippen MR) is 82.5 cm³/mol. The number of fused-ring (bicyclic) bond motifs is 1. The van der Waals surface area contributed by atoms with Gasteiger partial charge in [0.1, 0.15) is 0 Å². The van der Waals surface area contributed by atoms with Gasteiger partial charge >= 0.3 is 130 Å². The van der Waals surface area contributed by atoms with Crippen molar-refractivity contribution in [3.63, 3.8) is 0 Å². The van der Waals surface area contributed by atoms with E-state index in [1.807, 2.05) is 25.1 Å². The van der Waals surface area contributed by atoms with E-state index in [0.717, 1.165) is 27.1 Å². The number of hydrogen-bond donors (Lipinski definition) is 1. The van der Waals surface area contributed by atoms with Crippen molar-refractivity contribution in [2.75, 3.05) is 5.32 Å². The van der Waals surface area contributed by atoms with E-state index >= 15 is 0 Å². The van der Waals surface area contributed by atoms with Crippen molar-refractivity contribution in [3.8, 4) is 0 Å². The molecule has 1 heterocycles. The molecule has 0 saturated heterocycles. The number of halogens is 2. The molecule has 3 nitrogen and oxygen atoms in total. The van der Waals surface area contributed by atoms with E-state index in [1.165, 1.54) is 12.1 Å². The summed E-state index contributed by atoms with van der Waals surface area (Å²) in [6, 6.07) is 10.7. The number of nitrogens with one attached hydrogen (secondary N) is 1. The molecule has 2 aromatic rings. The SMILES string of the molecule is CC(Nc1cccc2c1N=[Se]=N2)c1ccc(F)cc1Br. The molecule has 20 heavy (non-hydrogen) atoms. The van der Waals surface area contributed by atoms with Crippen LogP contribution in [0.5, 0.6) is 0 Å². The second-order valence-electron chi connectivity index (χ2n) is 4.47. The average molecular weight is 399 g/mol. The summed E-state index contributed by atoms with van der Waals surface area (Å²) in [6.45, 7) is 2.04. The van der Waals surface area contributed by atoms with Crippen LogP contribution in [0.3, 0.4) is 0 Å². The van der Waals surface area contributed by atoms with Gasteiger partial charge < -0.3 is 0 Å². The van der Waals surface area contributed by atoms with Crippen molar-refractivity contribution in [3.05, 3.63) is 52.3 Å². The number of hydrogen-bond acceptors (Lipinski definition) is 3. The van der Waals surface area contributed by atoms with Crippen LogP contribution in [0.1, 0.15) is 18.5 Å². The van der Waals surface area contributed by atoms with Crippen LogP contribution in [0.25, 0.3) is 0 Å². The summed E-state index contributed by atoms with van der Waals surface area (Å²) in [4.78, 5) is 0. The monoisotopic (exact) mass is 399 g/mol. The van der Waals surface area contributed by atoms with Gasteiger partial charge in [0.2, 0.25) is 0 Å². The quantitative estimate of drug-likeness (QED) is 0.611. The van der Waals surface area contributed by atoms with Gasteiger partial charge in [-0.15, -0.1) is 0 Å². The van der Waals surface area contributed by atoms with Crippen molar-refractivity contribution >= 4 is 47.6 Å². The third-order valence-electron chi connectivity index (χ3n) is 3.09. The molecule has 0 bridgehead atoms. The zero-order valence-corrected chi connectivity index (χ0v) is 13.9. The third kappa shape index (κ3) is 2.64. The zero-order valence-electron chi connectivity index (χ0n) is 10.6. The molecule has 0 amide bonds. The normalized spacial score (nSPS) is 13.8. The van der Waals surface area contributed by atoms with E-state index in [1.54, 1.807) is 6.07 Å². The molecule has 1 N–H and O–H groups in total. The fourth-order valence-electron chi connectivity index (χ4n) is 2.09. The standard InChI is InChI=1S/C14H11BrFN3Se/c1-8(10-6-5-9(16)7-11(10)15)17-12-3-2-4-13-14(12)19-20-18-13/h2-8,17H,1H3. The van der Waals surface area contributed by atoms with Gasteiger partial charge in [0, 0.05) is 0 Å². The number of nitrogens with zero attached hydrogens (tertiary/aromatic N) is 2. The number of anilines is 1. The van der Waals surface area contributed by atoms with Crippen LogP contribution in [-0.2, 0) is 0 Å². The molecule has 0 spiro atoms. The van der Waals surface area contributed by atoms with Crippen LogP contribution in [0.2, 0.25) is 0 Å². The van der Waals surface area contributed by atoms with Gasteiger partial charge in [-0.05, 0) is 0 Å². The Hall–Kier alpha value is -1.23. The Balaban J connectivity index is 1.88. The van der Waals surface area contributed by atoms with Crippen molar-refractivity contribution in [2.24, 2.45) is 7.92 Å². The molecule has 0 aliphatic carbocycles. The summed E-state index contributed by atoms with van der Waals surface area (Å²) < 4.78 is 22.7. The summed E-state index contributed by atoms with van der Waals surface area (Å²) in [5, 5.41) is 3.42. The molecule has 102 valence electrons. The van der Waals surface area contributed by atoms with Gasteiger partial charge in [-0.2, -0.15) is 0 Å². The van der Waals surface area contributed by atoms with E-state index < -0.39 is 0 Å². The summed E-state index contributed by atoms with van der Waals surface area (Å²) in [7, 11) is 0. The van der Waals surface area contributed by atoms with Crippen LogP contribution in [0.15, 0.2) is 48.8 Å². The Morgan fingerprint density at radius 2 is 2.10 bits per heavy atom. The summed E-state index contributed by atoms with van der Waals surface area (Å²) in [5.41, 5.74) is 3.84. The summed E-state index contributed by atoms with van der Waals surface area (Å²) in [6.07, 6.45) is 0. The van der Waals surface area contributed by atoms with E-state index in [0.29, 0.717) is 0 Å². The zero-order chi connectivity index (χ0) is 14.1. The molecule has 1 unspecified atom stereocenters. The maximum absolute atomic E-state index is 13.1. The van der Waals surface area contributed by atoms with E-state index in [9.17, 15) is 4.39 Å². The molecular formula is C14H11BrFN3Se. The predicted octanol–water partition coefficient (Wildman–Crippen LogP) is 5.11. The van der Waals surface area contributed by atoms with Crippen molar-refractivity contribution in [1.82, 2.24) is 0 Å². The molecule has 1 aliphatic rings. The molecule has 2 aromatic carbocycles. The molecule has 1 aliphatic heterocycles. The van der Waals surface area contributed by atoms with E-state index in [4.69, 9.17) is 0 Å².